The van der Waals surface area contributed by atoms with Gasteiger partial charge in [0.15, 0.2) is 10.8 Å². The molecule has 0 atom stereocenters. The molecule has 0 N–H and O–H groups in total. The zero-order valence-corrected chi connectivity index (χ0v) is 19.6. The molecule has 33 heavy (non-hydrogen) atoms. The van der Waals surface area contributed by atoms with Gasteiger partial charge in [0.1, 0.15) is 6.29 Å². The number of carbonyl (C=O) groups excluding carboxylic acids is 5. The second-order valence-corrected chi connectivity index (χ2v) is 7.67. The van der Waals surface area contributed by atoms with E-state index in [2.05, 4.69) is 0 Å². The van der Waals surface area contributed by atoms with Crippen LogP contribution in [0.2, 0.25) is 0 Å². The van der Waals surface area contributed by atoms with Gasteiger partial charge in [-0.1, -0.05) is 30.4 Å². The first-order valence-corrected chi connectivity index (χ1v) is 10.6. The van der Waals surface area contributed by atoms with Crippen molar-refractivity contribution in [1.82, 2.24) is 0 Å². The molecule has 0 saturated carbocycles. The van der Waals surface area contributed by atoms with Crippen molar-refractivity contribution in [2.75, 3.05) is 28.4 Å². The molecule has 0 amide bonds. The number of aldehydes is 1. The lowest BCUT2D eigenvalue weighted by Crippen LogP contribution is -2.41. The number of ether oxygens (including phenoxy) is 4. The molecule has 0 aromatic rings. The molecule has 9 nitrogen and oxygen atoms in total. The van der Waals surface area contributed by atoms with Gasteiger partial charge in [-0.15, -0.1) is 0 Å². The minimum absolute atomic E-state index is 0.0110. The van der Waals surface area contributed by atoms with E-state index in [9.17, 15) is 24.0 Å². The van der Waals surface area contributed by atoms with Crippen molar-refractivity contribution in [2.45, 2.75) is 44.9 Å². The van der Waals surface area contributed by atoms with E-state index < -0.39 is 34.7 Å². The fourth-order valence-corrected chi connectivity index (χ4v) is 3.88. The van der Waals surface area contributed by atoms with Crippen LogP contribution in [0, 0.1) is 10.8 Å². The highest BCUT2D eigenvalue weighted by atomic mass is 16.6. The van der Waals surface area contributed by atoms with E-state index in [1.807, 2.05) is 0 Å². The Balaban J connectivity index is 3.42. The van der Waals surface area contributed by atoms with E-state index in [0.29, 0.717) is 18.3 Å². The second-order valence-electron chi connectivity index (χ2n) is 7.67. The number of rotatable bonds is 5. The van der Waals surface area contributed by atoms with Crippen LogP contribution in [0.5, 0.6) is 0 Å². The standard InChI is InChI=1S/C24H32O9/c1-30-19(26)23(20(27)31-2)13-8-6-5-7-9-14-24(21(28)32-3,22(29)33-4)16-12-18(17-25)11-10-15-23/h5-7,9,11,17H,8,10,12-16H2,1-4H3/b6-5+,9-7+,18-11-. The van der Waals surface area contributed by atoms with Crippen LogP contribution in [-0.2, 0) is 42.9 Å². The molecular weight excluding hydrogens is 432 g/mol. The molecule has 182 valence electrons. The Kier molecular flexibility index (Phi) is 11.2. The SMILES string of the molecule is COC(=O)C1(C(=O)OC)C/C=C/C=C/CCC(C(=O)OC)(C(=O)OC)CC/C=C(\C=O)CC1. The van der Waals surface area contributed by atoms with Gasteiger partial charge in [-0.05, 0) is 50.5 Å². The summed E-state index contributed by atoms with van der Waals surface area (Å²) in [4.78, 5) is 62.0. The van der Waals surface area contributed by atoms with Crippen LogP contribution in [0.25, 0.3) is 0 Å². The molecule has 1 rings (SSSR count). The smallest absolute Gasteiger partial charge is 0.323 e. The predicted octanol–water partition coefficient (Wildman–Crippen LogP) is 2.63. The van der Waals surface area contributed by atoms with E-state index in [-0.39, 0.29) is 38.5 Å². The number of carbonyl (C=O) groups is 5. The van der Waals surface area contributed by atoms with Gasteiger partial charge in [-0.25, -0.2) is 0 Å². The molecule has 0 fully saturated rings. The normalized spacial score (nSPS) is 22.0. The van der Waals surface area contributed by atoms with Gasteiger partial charge in [0.05, 0.1) is 28.4 Å². The molecule has 9 heteroatoms. The van der Waals surface area contributed by atoms with Crippen LogP contribution in [0.4, 0.5) is 0 Å². The molecule has 0 aromatic carbocycles. The van der Waals surface area contributed by atoms with Gasteiger partial charge in [0.25, 0.3) is 0 Å². The number of methoxy groups -OCH3 is 4. The van der Waals surface area contributed by atoms with Crippen LogP contribution < -0.4 is 0 Å². The third-order valence-electron chi connectivity index (χ3n) is 5.86. The Morgan fingerprint density at radius 3 is 1.73 bits per heavy atom. The van der Waals surface area contributed by atoms with E-state index in [0.717, 1.165) is 0 Å². The molecule has 0 saturated heterocycles. The largest absolute Gasteiger partial charge is 0.468 e. The molecule has 0 spiro atoms. The summed E-state index contributed by atoms with van der Waals surface area (Å²) in [5, 5.41) is 0. The fraction of sp³-hybridized carbons (Fsp3) is 0.542. The molecule has 0 unspecified atom stereocenters. The van der Waals surface area contributed by atoms with E-state index >= 15 is 0 Å². The number of esters is 4. The van der Waals surface area contributed by atoms with Crippen LogP contribution in [0.1, 0.15) is 44.9 Å². The monoisotopic (exact) mass is 464 g/mol. The topological polar surface area (TPSA) is 122 Å². The van der Waals surface area contributed by atoms with Crippen molar-refractivity contribution in [3.05, 3.63) is 36.0 Å². The van der Waals surface area contributed by atoms with Gasteiger partial charge >= 0.3 is 23.9 Å². The minimum atomic E-state index is -1.61. The molecule has 0 aliphatic heterocycles. The Labute approximate surface area is 193 Å². The summed E-state index contributed by atoms with van der Waals surface area (Å²) < 4.78 is 19.5. The molecule has 0 radical (unpaired) electrons. The maximum Gasteiger partial charge on any atom is 0.323 e. The first-order valence-electron chi connectivity index (χ1n) is 10.6. The van der Waals surface area contributed by atoms with Gasteiger partial charge in [-0.3, -0.25) is 24.0 Å². The summed E-state index contributed by atoms with van der Waals surface area (Å²) in [6.45, 7) is 0. The lowest BCUT2D eigenvalue weighted by Gasteiger charge is -2.28. The minimum Gasteiger partial charge on any atom is -0.468 e. The van der Waals surface area contributed by atoms with Crippen molar-refractivity contribution in [3.63, 3.8) is 0 Å². The van der Waals surface area contributed by atoms with E-state index in [1.165, 1.54) is 28.4 Å². The highest BCUT2D eigenvalue weighted by Gasteiger charge is 2.48. The number of hydrogen-bond acceptors (Lipinski definition) is 9. The zero-order chi connectivity index (χ0) is 24.9. The lowest BCUT2D eigenvalue weighted by atomic mass is 9.77. The molecule has 1 aliphatic rings. The molecule has 0 bridgehead atoms. The van der Waals surface area contributed by atoms with Crippen molar-refractivity contribution in [2.24, 2.45) is 10.8 Å². The van der Waals surface area contributed by atoms with Crippen LogP contribution in [0.15, 0.2) is 36.0 Å². The Hall–Kier alpha value is -3.23. The van der Waals surface area contributed by atoms with Gasteiger partial charge < -0.3 is 18.9 Å². The Morgan fingerprint density at radius 1 is 0.727 bits per heavy atom. The molecule has 1 aliphatic carbocycles. The average molecular weight is 465 g/mol. The number of hydrogen-bond donors (Lipinski definition) is 0. The van der Waals surface area contributed by atoms with Gasteiger partial charge in [0, 0.05) is 0 Å². The summed E-state index contributed by atoms with van der Waals surface area (Å²) in [7, 11) is 4.77. The molecular formula is C24H32O9. The summed E-state index contributed by atoms with van der Waals surface area (Å²) in [6, 6.07) is 0. The lowest BCUT2D eigenvalue weighted by molar-refractivity contribution is -0.171. The van der Waals surface area contributed by atoms with E-state index in [1.54, 1.807) is 30.4 Å². The third kappa shape index (κ3) is 6.63. The second kappa shape index (κ2) is 13.3. The summed E-state index contributed by atoms with van der Waals surface area (Å²) in [5.41, 5.74) is -2.82. The zero-order valence-electron chi connectivity index (χ0n) is 19.6. The highest BCUT2D eigenvalue weighted by molar-refractivity contribution is 6.00. The van der Waals surface area contributed by atoms with Crippen LogP contribution in [-0.4, -0.2) is 58.6 Å². The summed E-state index contributed by atoms with van der Waals surface area (Å²) >= 11 is 0. The number of allylic oxidation sites excluding steroid dienone is 6. The van der Waals surface area contributed by atoms with Crippen molar-refractivity contribution in [3.8, 4) is 0 Å². The third-order valence-corrected chi connectivity index (χ3v) is 5.86. The maximum absolute atomic E-state index is 12.6. The maximum atomic E-state index is 12.6. The quantitative estimate of drug-likeness (QED) is 0.261. The first-order chi connectivity index (χ1) is 15.8. The Morgan fingerprint density at radius 2 is 1.21 bits per heavy atom. The average Bonchev–Trinajstić information content (AvgIpc) is 2.85. The fourth-order valence-electron chi connectivity index (χ4n) is 3.88. The van der Waals surface area contributed by atoms with Crippen LogP contribution in [0.3, 0.4) is 0 Å². The van der Waals surface area contributed by atoms with Crippen molar-refractivity contribution >= 4 is 30.2 Å². The van der Waals surface area contributed by atoms with Gasteiger partial charge in [-0.2, -0.15) is 0 Å². The molecule has 0 heterocycles. The van der Waals surface area contributed by atoms with E-state index in [4.69, 9.17) is 18.9 Å². The Bertz CT molecular complexity index is 788. The van der Waals surface area contributed by atoms with Crippen LogP contribution >= 0.6 is 0 Å². The summed E-state index contributed by atoms with van der Waals surface area (Å²) in [5.74, 6) is -2.93. The van der Waals surface area contributed by atoms with Crippen molar-refractivity contribution in [1.29, 1.82) is 0 Å². The highest BCUT2D eigenvalue weighted by Crippen LogP contribution is 2.36. The molecule has 0 aromatic heterocycles. The summed E-state index contributed by atoms with van der Waals surface area (Å²) in [6.07, 6.45) is 9.75. The van der Waals surface area contributed by atoms with Gasteiger partial charge in [0.2, 0.25) is 0 Å². The van der Waals surface area contributed by atoms with Crippen molar-refractivity contribution < 1.29 is 42.9 Å². The predicted molar refractivity (Wildman–Crippen MR) is 118 cm³/mol. The first kappa shape index (κ1) is 27.8.